The molecule has 1 atom stereocenters. The van der Waals surface area contributed by atoms with E-state index in [0.29, 0.717) is 0 Å². The van der Waals surface area contributed by atoms with Gasteiger partial charge in [0.1, 0.15) is 0 Å². The highest BCUT2D eigenvalue weighted by Crippen LogP contribution is 2.30. The van der Waals surface area contributed by atoms with Gasteiger partial charge in [0.2, 0.25) is 0 Å². The molecule has 0 bridgehead atoms. The Kier molecular flexibility index (Phi) is 3.68. The molecule has 1 aliphatic carbocycles. The Morgan fingerprint density at radius 3 is 2.73 bits per heavy atom. The van der Waals surface area contributed by atoms with Crippen molar-refractivity contribution in [2.75, 3.05) is 19.6 Å². The lowest BCUT2D eigenvalue weighted by Crippen LogP contribution is -2.47. The topological polar surface area (TPSA) is 29.3 Å². The number of likely N-dealkylation sites (tertiary alicyclic amines) is 1. The van der Waals surface area contributed by atoms with Crippen molar-refractivity contribution in [3.63, 3.8) is 0 Å². The second-order valence-electron chi connectivity index (χ2n) is 5.75. The first-order chi connectivity index (χ1) is 7.22. The smallest absolute Gasteiger partial charge is 0.0283 e. The molecule has 2 fully saturated rings. The van der Waals surface area contributed by atoms with Crippen LogP contribution in [0.15, 0.2) is 0 Å². The van der Waals surface area contributed by atoms with Crippen molar-refractivity contribution in [2.45, 2.75) is 57.4 Å². The third-order valence-corrected chi connectivity index (χ3v) is 4.20. The van der Waals surface area contributed by atoms with E-state index in [2.05, 4.69) is 11.8 Å². The largest absolute Gasteiger partial charge is 0.324 e. The van der Waals surface area contributed by atoms with E-state index in [9.17, 15) is 0 Å². The summed E-state index contributed by atoms with van der Waals surface area (Å²) in [4.78, 5) is 2.62. The van der Waals surface area contributed by atoms with E-state index in [1.807, 2.05) is 0 Å². The minimum Gasteiger partial charge on any atom is -0.324 e. The van der Waals surface area contributed by atoms with E-state index in [1.165, 1.54) is 58.0 Å². The second-order valence-corrected chi connectivity index (χ2v) is 5.75. The van der Waals surface area contributed by atoms with Crippen LogP contribution in [0, 0.1) is 5.92 Å². The molecule has 15 heavy (non-hydrogen) atoms. The summed E-state index contributed by atoms with van der Waals surface area (Å²) in [6, 6.07) is 0. The number of nitrogens with two attached hydrogens (primary N) is 1. The first-order valence-corrected chi connectivity index (χ1v) is 6.73. The molecule has 0 amide bonds. The molecule has 2 heteroatoms. The maximum Gasteiger partial charge on any atom is 0.0283 e. The Hall–Kier alpha value is -0.0800. The van der Waals surface area contributed by atoms with Gasteiger partial charge in [0.15, 0.2) is 0 Å². The Morgan fingerprint density at radius 1 is 1.33 bits per heavy atom. The Morgan fingerprint density at radius 2 is 2.07 bits per heavy atom. The normalized spacial score (nSPS) is 31.2. The second kappa shape index (κ2) is 4.84. The van der Waals surface area contributed by atoms with E-state index < -0.39 is 0 Å². The molecule has 0 spiro atoms. The first-order valence-electron chi connectivity index (χ1n) is 6.73. The molecule has 1 saturated heterocycles. The molecule has 1 heterocycles. The minimum atomic E-state index is 0.168. The molecular weight excluding hydrogens is 184 g/mol. The number of hydrogen-bond acceptors (Lipinski definition) is 2. The monoisotopic (exact) mass is 210 g/mol. The predicted molar refractivity (Wildman–Crippen MR) is 64.8 cm³/mol. The lowest BCUT2D eigenvalue weighted by atomic mass is 9.98. The van der Waals surface area contributed by atoms with Gasteiger partial charge in [-0.1, -0.05) is 26.2 Å². The van der Waals surface area contributed by atoms with Gasteiger partial charge in [-0.15, -0.1) is 0 Å². The van der Waals surface area contributed by atoms with Crippen molar-refractivity contribution >= 4 is 0 Å². The fourth-order valence-electron chi connectivity index (χ4n) is 3.38. The van der Waals surface area contributed by atoms with Gasteiger partial charge in [-0.25, -0.2) is 0 Å². The number of hydrogen-bond donors (Lipinski definition) is 1. The molecule has 2 N–H and O–H groups in total. The maximum absolute atomic E-state index is 6.42. The quantitative estimate of drug-likeness (QED) is 0.772. The Balaban J connectivity index is 1.76. The van der Waals surface area contributed by atoms with Gasteiger partial charge in [-0.3, -0.25) is 0 Å². The third-order valence-electron chi connectivity index (χ3n) is 4.20. The molecular formula is C13H26N2. The third kappa shape index (κ3) is 2.94. The lowest BCUT2D eigenvalue weighted by Gasteiger charge is -2.29. The molecule has 1 aliphatic heterocycles. The summed E-state index contributed by atoms with van der Waals surface area (Å²) >= 11 is 0. The van der Waals surface area contributed by atoms with Gasteiger partial charge < -0.3 is 10.6 Å². The number of nitrogens with zero attached hydrogens (tertiary/aromatic N) is 1. The molecule has 0 radical (unpaired) electrons. The van der Waals surface area contributed by atoms with Crippen LogP contribution in [0.1, 0.15) is 51.9 Å². The van der Waals surface area contributed by atoms with Crippen LogP contribution >= 0.6 is 0 Å². The summed E-state index contributed by atoms with van der Waals surface area (Å²) in [5.74, 6) is 0.958. The summed E-state index contributed by atoms with van der Waals surface area (Å²) in [5.41, 5.74) is 6.58. The summed E-state index contributed by atoms with van der Waals surface area (Å²) < 4.78 is 0. The van der Waals surface area contributed by atoms with Crippen LogP contribution < -0.4 is 5.73 Å². The summed E-state index contributed by atoms with van der Waals surface area (Å²) in [6.45, 7) is 6.06. The van der Waals surface area contributed by atoms with Crippen LogP contribution in [-0.4, -0.2) is 30.1 Å². The van der Waals surface area contributed by atoms with Crippen LogP contribution in [-0.2, 0) is 0 Å². The van der Waals surface area contributed by atoms with Gasteiger partial charge in [-0.2, -0.15) is 0 Å². The first kappa shape index (κ1) is 11.4. The van der Waals surface area contributed by atoms with Crippen molar-refractivity contribution in [2.24, 2.45) is 11.7 Å². The Bertz CT molecular complexity index is 197. The SMILES string of the molecule is CCCC1CCN(CC2(N)CCCC2)C1. The highest BCUT2D eigenvalue weighted by molar-refractivity contribution is 4.93. The fraction of sp³-hybridized carbons (Fsp3) is 1.00. The minimum absolute atomic E-state index is 0.168. The zero-order valence-corrected chi connectivity index (χ0v) is 10.2. The molecule has 0 aromatic carbocycles. The van der Waals surface area contributed by atoms with Gasteiger partial charge in [0.05, 0.1) is 0 Å². The average Bonchev–Trinajstić information content (AvgIpc) is 2.77. The van der Waals surface area contributed by atoms with Gasteiger partial charge in [0, 0.05) is 18.6 Å². The van der Waals surface area contributed by atoms with Crippen LogP contribution in [0.4, 0.5) is 0 Å². The van der Waals surface area contributed by atoms with E-state index in [4.69, 9.17) is 5.73 Å². The van der Waals surface area contributed by atoms with E-state index in [1.54, 1.807) is 0 Å². The summed E-state index contributed by atoms with van der Waals surface area (Å²) in [6.07, 6.45) is 9.36. The van der Waals surface area contributed by atoms with Crippen LogP contribution in [0.5, 0.6) is 0 Å². The molecule has 2 rings (SSSR count). The molecule has 2 nitrogen and oxygen atoms in total. The number of rotatable bonds is 4. The van der Waals surface area contributed by atoms with Crippen molar-refractivity contribution < 1.29 is 0 Å². The van der Waals surface area contributed by atoms with Crippen molar-refractivity contribution in [1.29, 1.82) is 0 Å². The van der Waals surface area contributed by atoms with Crippen LogP contribution in [0.2, 0.25) is 0 Å². The van der Waals surface area contributed by atoms with Crippen molar-refractivity contribution in [3.05, 3.63) is 0 Å². The van der Waals surface area contributed by atoms with E-state index in [-0.39, 0.29) is 5.54 Å². The Labute approximate surface area is 94.2 Å². The maximum atomic E-state index is 6.42. The standard InChI is InChI=1S/C13H26N2/c1-2-5-12-6-9-15(10-12)11-13(14)7-3-4-8-13/h12H,2-11,14H2,1H3. The zero-order valence-electron chi connectivity index (χ0n) is 10.2. The van der Waals surface area contributed by atoms with E-state index >= 15 is 0 Å². The highest BCUT2D eigenvalue weighted by atomic mass is 15.2. The summed E-state index contributed by atoms with van der Waals surface area (Å²) in [7, 11) is 0. The van der Waals surface area contributed by atoms with Gasteiger partial charge in [-0.05, 0) is 38.1 Å². The predicted octanol–water partition coefficient (Wildman–Crippen LogP) is 2.38. The van der Waals surface area contributed by atoms with E-state index in [0.717, 1.165) is 12.5 Å². The van der Waals surface area contributed by atoms with Gasteiger partial charge in [0.25, 0.3) is 0 Å². The average molecular weight is 210 g/mol. The van der Waals surface area contributed by atoms with Crippen LogP contribution in [0.25, 0.3) is 0 Å². The fourth-order valence-corrected chi connectivity index (χ4v) is 3.38. The molecule has 1 saturated carbocycles. The lowest BCUT2D eigenvalue weighted by molar-refractivity contribution is 0.240. The van der Waals surface area contributed by atoms with Crippen LogP contribution in [0.3, 0.4) is 0 Å². The summed E-state index contributed by atoms with van der Waals surface area (Å²) in [5, 5.41) is 0. The zero-order chi connectivity index (χ0) is 10.7. The molecule has 0 aromatic rings. The van der Waals surface area contributed by atoms with Crippen molar-refractivity contribution in [3.8, 4) is 0 Å². The molecule has 0 aromatic heterocycles. The van der Waals surface area contributed by atoms with Gasteiger partial charge >= 0.3 is 0 Å². The molecule has 88 valence electrons. The molecule has 2 aliphatic rings. The van der Waals surface area contributed by atoms with Crippen molar-refractivity contribution in [1.82, 2.24) is 4.90 Å². The molecule has 1 unspecified atom stereocenters. The highest BCUT2D eigenvalue weighted by Gasteiger charge is 2.33.